The van der Waals surface area contributed by atoms with E-state index >= 15 is 0 Å². The molecular formula is C12H18N4O2. The van der Waals surface area contributed by atoms with E-state index in [2.05, 4.69) is 10.3 Å². The van der Waals surface area contributed by atoms with Crippen LogP contribution >= 0.6 is 0 Å². The number of anilines is 1. The Morgan fingerprint density at radius 2 is 2.28 bits per heavy atom. The molecule has 1 unspecified atom stereocenters. The molecule has 1 aliphatic heterocycles. The van der Waals surface area contributed by atoms with Gasteiger partial charge in [-0.1, -0.05) is 6.92 Å². The highest BCUT2D eigenvalue weighted by Crippen LogP contribution is 2.12. The minimum atomic E-state index is -0.326. The summed E-state index contributed by atoms with van der Waals surface area (Å²) in [6.45, 7) is 3.39. The second-order valence-corrected chi connectivity index (χ2v) is 4.52. The van der Waals surface area contributed by atoms with Crippen LogP contribution in [0.1, 0.15) is 19.8 Å². The molecule has 1 atom stereocenters. The molecule has 0 spiro atoms. The molecule has 2 rings (SSSR count). The minimum absolute atomic E-state index is 0.0158. The van der Waals surface area contributed by atoms with Gasteiger partial charge in [0.25, 0.3) is 5.56 Å². The fourth-order valence-electron chi connectivity index (χ4n) is 2.08. The van der Waals surface area contributed by atoms with Crippen LogP contribution in [0.4, 0.5) is 5.82 Å². The molecule has 0 aromatic carbocycles. The molecule has 6 nitrogen and oxygen atoms in total. The summed E-state index contributed by atoms with van der Waals surface area (Å²) >= 11 is 0. The van der Waals surface area contributed by atoms with Crippen LogP contribution in [-0.4, -0.2) is 40.0 Å². The van der Waals surface area contributed by atoms with Crippen LogP contribution in [0.5, 0.6) is 0 Å². The summed E-state index contributed by atoms with van der Waals surface area (Å²) in [5.41, 5.74) is -0.165. The first-order valence-electron chi connectivity index (χ1n) is 6.20. The standard InChI is InChI=1S/C12H18N4O2/c1-3-6-16-8-5-13-10(12(16)18)14-9-4-7-15(2)11(9)17/h5,8-9H,3-4,6-7H2,1-2H3,(H,13,14). The number of likely N-dealkylation sites (tertiary alicyclic amines) is 1. The number of hydrogen-bond acceptors (Lipinski definition) is 4. The maximum Gasteiger partial charge on any atom is 0.293 e. The Morgan fingerprint density at radius 1 is 1.50 bits per heavy atom. The third kappa shape index (κ3) is 2.37. The molecule has 6 heteroatoms. The zero-order valence-corrected chi connectivity index (χ0v) is 10.7. The van der Waals surface area contributed by atoms with Crippen molar-refractivity contribution in [3.63, 3.8) is 0 Å². The molecule has 1 amide bonds. The first kappa shape index (κ1) is 12.6. The maximum absolute atomic E-state index is 12.0. The van der Waals surface area contributed by atoms with Gasteiger partial charge in [0.05, 0.1) is 0 Å². The van der Waals surface area contributed by atoms with E-state index in [-0.39, 0.29) is 23.3 Å². The molecule has 1 fully saturated rings. The maximum atomic E-state index is 12.0. The van der Waals surface area contributed by atoms with Crippen LogP contribution in [0.15, 0.2) is 17.2 Å². The summed E-state index contributed by atoms with van der Waals surface area (Å²) < 4.78 is 1.61. The molecule has 1 saturated heterocycles. The Morgan fingerprint density at radius 3 is 2.89 bits per heavy atom. The third-order valence-corrected chi connectivity index (χ3v) is 3.12. The van der Waals surface area contributed by atoms with E-state index in [0.717, 1.165) is 6.42 Å². The van der Waals surface area contributed by atoms with Crippen LogP contribution in [0.25, 0.3) is 0 Å². The largest absolute Gasteiger partial charge is 0.354 e. The first-order chi connectivity index (χ1) is 8.63. The van der Waals surface area contributed by atoms with E-state index in [0.29, 0.717) is 19.5 Å². The number of hydrogen-bond donors (Lipinski definition) is 1. The van der Waals surface area contributed by atoms with Crippen molar-refractivity contribution < 1.29 is 4.79 Å². The van der Waals surface area contributed by atoms with Crippen molar-refractivity contribution in [3.8, 4) is 0 Å². The highest BCUT2D eigenvalue weighted by molar-refractivity contribution is 5.86. The van der Waals surface area contributed by atoms with Crippen molar-refractivity contribution in [1.82, 2.24) is 14.5 Å². The molecule has 1 aliphatic rings. The van der Waals surface area contributed by atoms with Crippen LogP contribution in [0, 0.1) is 0 Å². The Kier molecular flexibility index (Phi) is 3.64. The Hall–Kier alpha value is -1.85. The molecule has 0 saturated carbocycles. The zero-order valence-electron chi connectivity index (χ0n) is 10.7. The third-order valence-electron chi connectivity index (χ3n) is 3.12. The number of nitrogens with zero attached hydrogens (tertiary/aromatic N) is 3. The topological polar surface area (TPSA) is 67.2 Å². The fourth-order valence-corrected chi connectivity index (χ4v) is 2.08. The van der Waals surface area contributed by atoms with Crippen LogP contribution in [-0.2, 0) is 11.3 Å². The van der Waals surface area contributed by atoms with Crippen LogP contribution in [0.2, 0.25) is 0 Å². The number of nitrogens with one attached hydrogen (secondary N) is 1. The highest BCUT2D eigenvalue weighted by atomic mass is 16.2. The molecule has 1 aromatic heterocycles. The number of carbonyl (C=O) groups excluding carboxylic acids is 1. The SMILES string of the molecule is CCCn1ccnc(NC2CCN(C)C2=O)c1=O. The van der Waals surface area contributed by atoms with Crippen LogP contribution < -0.4 is 10.9 Å². The number of rotatable bonds is 4. The number of aryl methyl sites for hydroxylation is 1. The fraction of sp³-hybridized carbons (Fsp3) is 0.583. The average molecular weight is 250 g/mol. The average Bonchev–Trinajstić information content (AvgIpc) is 2.66. The van der Waals surface area contributed by atoms with E-state index in [4.69, 9.17) is 0 Å². The van der Waals surface area contributed by atoms with Gasteiger partial charge in [0, 0.05) is 32.5 Å². The number of carbonyl (C=O) groups is 1. The predicted molar refractivity (Wildman–Crippen MR) is 68.5 cm³/mol. The normalized spacial score (nSPS) is 19.3. The second-order valence-electron chi connectivity index (χ2n) is 4.52. The molecule has 0 aliphatic carbocycles. The molecule has 0 radical (unpaired) electrons. The lowest BCUT2D eigenvalue weighted by Crippen LogP contribution is -2.34. The van der Waals surface area contributed by atoms with E-state index in [9.17, 15) is 9.59 Å². The van der Waals surface area contributed by atoms with Crippen molar-refractivity contribution in [2.45, 2.75) is 32.4 Å². The van der Waals surface area contributed by atoms with Gasteiger partial charge in [0.1, 0.15) is 6.04 Å². The number of aromatic nitrogens is 2. The molecule has 0 bridgehead atoms. The number of amides is 1. The zero-order chi connectivity index (χ0) is 13.1. The summed E-state index contributed by atoms with van der Waals surface area (Å²) in [7, 11) is 1.76. The Labute approximate surface area is 106 Å². The van der Waals surface area contributed by atoms with Gasteiger partial charge in [-0.05, 0) is 12.8 Å². The van der Waals surface area contributed by atoms with E-state index in [1.165, 1.54) is 0 Å². The lowest BCUT2D eigenvalue weighted by Gasteiger charge is -2.13. The number of likely N-dealkylation sites (N-methyl/N-ethyl adjacent to an activating group) is 1. The van der Waals surface area contributed by atoms with Crippen molar-refractivity contribution >= 4 is 11.7 Å². The summed E-state index contributed by atoms with van der Waals surface area (Å²) in [5.74, 6) is 0.279. The second kappa shape index (κ2) is 5.20. The van der Waals surface area contributed by atoms with Gasteiger partial charge in [-0.15, -0.1) is 0 Å². The summed E-state index contributed by atoms with van der Waals surface area (Å²) in [6.07, 6.45) is 4.84. The van der Waals surface area contributed by atoms with Crippen molar-refractivity contribution in [3.05, 3.63) is 22.7 Å². The van der Waals surface area contributed by atoms with Crippen molar-refractivity contribution in [1.29, 1.82) is 0 Å². The van der Waals surface area contributed by atoms with Crippen molar-refractivity contribution in [2.24, 2.45) is 0 Å². The van der Waals surface area contributed by atoms with Gasteiger partial charge in [-0.3, -0.25) is 9.59 Å². The summed E-state index contributed by atoms with van der Waals surface area (Å²) in [6, 6.07) is -0.326. The molecule has 18 heavy (non-hydrogen) atoms. The Balaban J connectivity index is 2.17. The smallest absolute Gasteiger partial charge is 0.293 e. The molecular weight excluding hydrogens is 232 g/mol. The highest BCUT2D eigenvalue weighted by Gasteiger charge is 2.29. The van der Waals surface area contributed by atoms with Gasteiger partial charge in [-0.25, -0.2) is 4.98 Å². The van der Waals surface area contributed by atoms with Gasteiger partial charge >= 0.3 is 0 Å². The predicted octanol–water partition coefficient (Wildman–Crippen LogP) is 0.296. The first-order valence-corrected chi connectivity index (χ1v) is 6.20. The molecule has 98 valence electrons. The summed E-state index contributed by atoms with van der Waals surface area (Å²) in [4.78, 5) is 29.5. The molecule has 1 N–H and O–H groups in total. The van der Waals surface area contributed by atoms with Crippen molar-refractivity contribution in [2.75, 3.05) is 18.9 Å². The van der Waals surface area contributed by atoms with Gasteiger partial charge in [0.2, 0.25) is 5.91 Å². The molecule has 1 aromatic rings. The van der Waals surface area contributed by atoms with Gasteiger partial charge < -0.3 is 14.8 Å². The van der Waals surface area contributed by atoms with E-state index < -0.39 is 0 Å². The van der Waals surface area contributed by atoms with Crippen LogP contribution in [0.3, 0.4) is 0 Å². The van der Waals surface area contributed by atoms with Gasteiger partial charge in [0.15, 0.2) is 5.82 Å². The van der Waals surface area contributed by atoms with E-state index in [1.54, 1.807) is 28.9 Å². The van der Waals surface area contributed by atoms with E-state index in [1.807, 2.05) is 6.92 Å². The Bertz CT molecular complexity index is 497. The quantitative estimate of drug-likeness (QED) is 0.834. The summed E-state index contributed by atoms with van der Waals surface area (Å²) in [5, 5.41) is 2.95. The van der Waals surface area contributed by atoms with Gasteiger partial charge in [-0.2, -0.15) is 0 Å². The lowest BCUT2D eigenvalue weighted by atomic mass is 10.2. The minimum Gasteiger partial charge on any atom is -0.354 e. The monoisotopic (exact) mass is 250 g/mol. The molecule has 2 heterocycles. The lowest BCUT2D eigenvalue weighted by molar-refractivity contribution is -0.127.